The Morgan fingerprint density at radius 3 is 2.86 bits per heavy atom. The van der Waals surface area contributed by atoms with Gasteiger partial charge in [0, 0.05) is 31.7 Å². The number of nitrogens with zero attached hydrogens (tertiary/aromatic N) is 4. The number of nitrogens with one attached hydrogen (secondary N) is 1. The second-order valence-corrected chi connectivity index (χ2v) is 6.21. The first kappa shape index (κ1) is 14.5. The predicted octanol–water partition coefficient (Wildman–Crippen LogP) is 1.43. The molecule has 2 aliphatic rings. The summed E-state index contributed by atoms with van der Waals surface area (Å²) in [5.74, 6) is -0.0924. The molecule has 2 fully saturated rings. The summed E-state index contributed by atoms with van der Waals surface area (Å²) >= 11 is 0. The first-order valence-electron chi connectivity index (χ1n) is 8.21. The number of likely N-dealkylation sites (tertiary alicyclic amines) is 1. The molecule has 116 valence electrons. The molecule has 1 atom stereocenters. The average Bonchev–Trinajstić information content (AvgIpc) is 3.17. The molecule has 0 radical (unpaired) electrons. The lowest BCUT2D eigenvalue weighted by Gasteiger charge is -2.31. The van der Waals surface area contributed by atoms with Crippen LogP contribution in [0.5, 0.6) is 0 Å². The van der Waals surface area contributed by atoms with Crippen LogP contribution in [0.4, 0.5) is 0 Å². The zero-order chi connectivity index (χ0) is 14.7. The topological polar surface area (TPSA) is 63.1 Å². The van der Waals surface area contributed by atoms with E-state index in [1.165, 1.54) is 32.1 Å². The van der Waals surface area contributed by atoms with Gasteiger partial charge in [-0.05, 0) is 26.2 Å². The molecular formula is C15H25N5O. The summed E-state index contributed by atoms with van der Waals surface area (Å²) in [6, 6.07) is 0.993. The van der Waals surface area contributed by atoms with E-state index in [4.69, 9.17) is 0 Å². The van der Waals surface area contributed by atoms with Gasteiger partial charge in [-0.15, -0.1) is 5.10 Å². The van der Waals surface area contributed by atoms with Crippen molar-refractivity contribution in [3.05, 3.63) is 11.9 Å². The van der Waals surface area contributed by atoms with Gasteiger partial charge in [-0.1, -0.05) is 24.5 Å². The fraction of sp³-hybridized carbons (Fsp3) is 0.800. The molecule has 0 spiro atoms. The maximum atomic E-state index is 12.2. The fourth-order valence-corrected chi connectivity index (χ4v) is 3.50. The summed E-state index contributed by atoms with van der Waals surface area (Å²) in [5, 5.41) is 10.9. The minimum absolute atomic E-state index is 0.0924. The van der Waals surface area contributed by atoms with Crippen LogP contribution in [0.15, 0.2) is 6.20 Å². The first-order valence-corrected chi connectivity index (χ1v) is 8.21. The Morgan fingerprint density at radius 2 is 2.14 bits per heavy atom. The molecular weight excluding hydrogens is 266 g/mol. The Labute approximate surface area is 125 Å². The van der Waals surface area contributed by atoms with Crippen LogP contribution >= 0.6 is 0 Å². The van der Waals surface area contributed by atoms with Crippen molar-refractivity contribution in [1.29, 1.82) is 0 Å². The Morgan fingerprint density at radius 1 is 1.33 bits per heavy atom. The molecule has 21 heavy (non-hydrogen) atoms. The van der Waals surface area contributed by atoms with Crippen LogP contribution in [-0.4, -0.2) is 51.0 Å². The van der Waals surface area contributed by atoms with E-state index in [-0.39, 0.29) is 11.9 Å². The quantitative estimate of drug-likeness (QED) is 0.911. The predicted molar refractivity (Wildman–Crippen MR) is 80.0 cm³/mol. The second-order valence-electron chi connectivity index (χ2n) is 6.21. The number of amides is 1. The summed E-state index contributed by atoms with van der Waals surface area (Å²) < 4.78 is 1.68. The van der Waals surface area contributed by atoms with Crippen molar-refractivity contribution in [3.63, 3.8) is 0 Å². The van der Waals surface area contributed by atoms with Crippen LogP contribution in [0.25, 0.3) is 0 Å². The lowest BCUT2D eigenvalue weighted by atomic mass is 9.94. The first-order chi connectivity index (χ1) is 10.3. The van der Waals surface area contributed by atoms with Crippen LogP contribution in [-0.2, 0) is 6.54 Å². The summed E-state index contributed by atoms with van der Waals surface area (Å²) in [5.41, 5.74) is 0.424. The van der Waals surface area contributed by atoms with Crippen molar-refractivity contribution in [2.75, 3.05) is 13.1 Å². The van der Waals surface area contributed by atoms with Gasteiger partial charge in [-0.2, -0.15) is 0 Å². The van der Waals surface area contributed by atoms with Gasteiger partial charge in [0.1, 0.15) is 0 Å². The lowest BCUT2D eigenvalue weighted by Crippen LogP contribution is -2.40. The van der Waals surface area contributed by atoms with E-state index in [2.05, 4.69) is 20.5 Å². The van der Waals surface area contributed by atoms with Crippen molar-refractivity contribution in [1.82, 2.24) is 25.2 Å². The molecule has 1 aliphatic carbocycles. The number of aromatic nitrogens is 3. The molecule has 1 amide bonds. The van der Waals surface area contributed by atoms with Gasteiger partial charge in [0.05, 0.1) is 6.20 Å². The summed E-state index contributed by atoms with van der Waals surface area (Å²) in [7, 11) is 0. The maximum Gasteiger partial charge on any atom is 0.273 e. The van der Waals surface area contributed by atoms with E-state index in [9.17, 15) is 4.79 Å². The highest BCUT2D eigenvalue weighted by Crippen LogP contribution is 2.25. The Balaban J connectivity index is 1.50. The van der Waals surface area contributed by atoms with E-state index in [0.717, 1.165) is 32.1 Å². The number of rotatable bonds is 4. The monoisotopic (exact) mass is 291 g/mol. The van der Waals surface area contributed by atoms with E-state index in [0.29, 0.717) is 5.69 Å². The second kappa shape index (κ2) is 6.56. The minimum atomic E-state index is -0.0924. The van der Waals surface area contributed by atoms with Crippen LogP contribution in [0.2, 0.25) is 0 Å². The fourth-order valence-electron chi connectivity index (χ4n) is 3.50. The van der Waals surface area contributed by atoms with Crippen molar-refractivity contribution in [2.24, 2.45) is 0 Å². The molecule has 6 heteroatoms. The largest absolute Gasteiger partial charge is 0.347 e. The third-order valence-electron chi connectivity index (χ3n) is 4.74. The highest BCUT2D eigenvalue weighted by Gasteiger charge is 2.30. The number of hydrogen-bond donors (Lipinski definition) is 1. The minimum Gasteiger partial charge on any atom is -0.347 e. The normalized spacial score (nSPS) is 24.3. The molecule has 1 unspecified atom stereocenters. The smallest absolute Gasteiger partial charge is 0.273 e. The summed E-state index contributed by atoms with van der Waals surface area (Å²) in [4.78, 5) is 14.7. The molecule has 0 bridgehead atoms. The van der Waals surface area contributed by atoms with Gasteiger partial charge in [-0.3, -0.25) is 14.4 Å². The molecule has 1 aromatic rings. The van der Waals surface area contributed by atoms with Gasteiger partial charge in [0.25, 0.3) is 5.91 Å². The lowest BCUT2D eigenvalue weighted by molar-refractivity contribution is 0.0929. The summed E-state index contributed by atoms with van der Waals surface area (Å²) in [6.07, 6.45) is 9.51. The molecule has 2 heterocycles. The third kappa shape index (κ3) is 3.43. The SMILES string of the molecule is CCn1cc(C(=O)NC2CCN(C3CCCCC3)C2)nn1. The van der Waals surface area contributed by atoms with Crippen LogP contribution in [0.3, 0.4) is 0 Å². The molecule has 3 rings (SSSR count). The van der Waals surface area contributed by atoms with E-state index in [1.54, 1.807) is 10.9 Å². The number of hydrogen-bond acceptors (Lipinski definition) is 4. The van der Waals surface area contributed by atoms with Crippen molar-refractivity contribution < 1.29 is 4.79 Å². The average molecular weight is 291 g/mol. The van der Waals surface area contributed by atoms with Crippen LogP contribution in [0.1, 0.15) is 55.9 Å². The Bertz CT molecular complexity index is 480. The van der Waals surface area contributed by atoms with Gasteiger partial charge >= 0.3 is 0 Å². The van der Waals surface area contributed by atoms with E-state index < -0.39 is 0 Å². The van der Waals surface area contributed by atoms with Gasteiger partial charge < -0.3 is 5.32 Å². The zero-order valence-corrected chi connectivity index (χ0v) is 12.8. The van der Waals surface area contributed by atoms with E-state index in [1.807, 2.05) is 6.92 Å². The van der Waals surface area contributed by atoms with Gasteiger partial charge in [0.15, 0.2) is 5.69 Å². The Kier molecular flexibility index (Phi) is 4.53. The molecule has 1 aliphatic heterocycles. The molecule has 1 aromatic heterocycles. The zero-order valence-electron chi connectivity index (χ0n) is 12.8. The van der Waals surface area contributed by atoms with Gasteiger partial charge in [0.2, 0.25) is 0 Å². The van der Waals surface area contributed by atoms with Crippen molar-refractivity contribution in [3.8, 4) is 0 Å². The maximum absolute atomic E-state index is 12.2. The third-order valence-corrected chi connectivity index (χ3v) is 4.74. The Hall–Kier alpha value is -1.43. The number of aryl methyl sites for hydroxylation is 1. The molecule has 1 saturated heterocycles. The number of carbonyl (C=O) groups is 1. The van der Waals surface area contributed by atoms with Crippen LogP contribution in [0, 0.1) is 0 Å². The highest BCUT2D eigenvalue weighted by atomic mass is 16.2. The standard InChI is InChI=1S/C15H25N5O/c1-2-20-11-14(17-18-20)15(21)16-12-8-9-19(10-12)13-6-4-3-5-7-13/h11-13H,2-10H2,1H3,(H,16,21). The molecule has 1 N–H and O–H groups in total. The summed E-state index contributed by atoms with van der Waals surface area (Å²) in [6.45, 7) is 4.81. The van der Waals surface area contributed by atoms with Crippen molar-refractivity contribution in [2.45, 2.75) is 64.1 Å². The van der Waals surface area contributed by atoms with Crippen LogP contribution < -0.4 is 5.32 Å². The highest BCUT2D eigenvalue weighted by molar-refractivity contribution is 5.92. The molecule has 1 saturated carbocycles. The molecule has 6 nitrogen and oxygen atoms in total. The van der Waals surface area contributed by atoms with Gasteiger partial charge in [-0.25, -0.2) is 0 Å². The van der Waals surface area contributed by atoms with E-state index >= 15 is 0 Å². The molecule has 0 aromatic carbocycles. The van der Waals surface area contributed by atoms with Crippen molar-refractivity contribution >= 4 is 5.91 Å². The number of carbonyl (C=O) groups excluding carboxylic acids is 1.